The summed E-state index contributed by atoms with van der Waals surface area (Å²) in [4.78, 5) is 28.0. The number of hydrogen-bond acceptors (Lipinski definition) is 3. The second kappa shape index (κ2) is 11.5. The molecular formula is C30H31Cl2FN4O2. The van der Waals surface area contributed by atoms with Crippen molar-refractivity contribution in [3.8, 4) is 5.69 Å². The minimum atomic E-state index is -0.337. The molecule has 1 aliphatic heterocycles. The lowest BCUT2D eigenvalue weighted by atomic mass is 9.84. The van der Waals surface area contributed by atoms with Crippen LogP contribution in [0.3, 0.4) is 0 Å². The molecule has 1 saturated carbocycles. The number of benzene rings is 2. The molecule has 1 aliphatic carbocycles. The number of carbonyl (C=O) groups excluding carboxylic acids is 2. The maximum atomic E-state index is 13.7. The highest BCUT2D eigenvalue weighted by Gasteiger charge is 2.34. The van der Waals surface area contributed by atoms with Crippen molar-refractivity contribution in [3.63, 3.8) is 0 Å². The monoisotopic (exact) mass is 568 g/mol. The number of aromatic nitrogens is 2. The first-order chi connectivity index (χ1) is 18.7. The minimum absolute atomic E-state index is 0.000511. The van der Waals surface area contributed by atoms with Crippen LogP contribution in [0.2, 0.25) is 10.0 Å². The van der Waals surface area contributed by atoms with E-state index in [-0.39, 0.29) is 35.9 Å². The van der Waals surface area contributed by atoms with Crippen molar-refractivity contribution in [1.82, 2.24) is 20.0 Å². The second-order valence-corrected chi connectivity index (χ2v) is 11.3. The van der Waals surface area contributed by atoms with Gasteiger partial charge in [0.1, 0.15) is 5.82 Å². The van der Waals surface area contributed by atoms with Gasteiger partial charge in [-0.1, -0.05) is 54.6 Å². The smallest absolute Gasteiger partial charge is 0.272 e. The molecule has 0 radical (unpaired) electrons. The van der Waals surface area contributed by atoms with Crippen LogP contribution in [-0.4, -0.2) is 39.1 Å². The van der Waals surface area contributed by atoms with Gasteiger partial charge in [-0.3, -0.25) is 9.59 Å². The Morgan fingerprint density at radius 3 is 2.46 bits per heavy atom. The third kappa shape index (κ3) is 5.89. The molecule has 0 bridgehead atoms. The quantitative estimate of drug-likeness (QED) is 0.363. The van der Waals surface area contributed by atoms with Crippen molar-refractivity contribution in [2.75, 3.05) is 6.54 Å². The molecule has 0 unspecified atom stereocenters. The number of nitrogens with one attached hydrogen (secondary N) is 1. The van der Waals surface area contributed by atoms with Crippen LogP contribution in [0.5, 0.6) is 0 Å². The van der Waals surface area contributed by atoms with Gasteiger partial charge in [-0.2, -0.15) is 5.10 Å². The van der Waals surface area contributed by atoms with Crippen LogP contribution in [-0.2, 0) is 11.3 Å². The molecule has 204 valence electrons. The summed E-state index contributed by atoms with van der Waals surface area (Å²) in [5.41, 5.74) is 3.68. The van der Waals surface area contributed by atoms with Crippen LogP contribution in [0.1, 0.15) is 73.3 Å². The highest BCUT2D eigenvalue weighted by atomic mass is 35.5. The zero-order valence-corrected chi connectivity index (χ0v) is 23.5. The molecule has 2 aliphatic rings. The van der Waals surface area contributed by atoms with Gasteiger partial charge in [0.25, 0.3) is 5.91 Å². The van der Waals surface area contributed by atoms with E-state index < -0.39 is 0 Å². The summed E-state index contributed by atoms with van der Waals surface area (Å²) >= 11 is 12.8. The van der Waals surface area contributed by atoms with E-state index in [1.807, 2.05) is 6.08 Å². The van der Waals surface area contributed by atoms with Gasteiger partial charge in [0, 0.05) is 30.1 Å². The van der Waals surface area contributed by atoms with Crippen LogP contribution >= 0.6 is 23.2 Å². The Morgan fingerprint density at radius 1 is 1.08 bits per heavy atom. The molecule has 3 aromatic rings. The van der Waals surface area contributed by atoms with Gasteiger partial charge in [-0.05, 0) is 73.2 Å². The minimum Gasteiger partial charge on any atom is -0.348 e. The summed E-state index contributed by atoms with van der Waals surface area (Å²) in [7, 11) is 0. The number of hydrogen-bond donors (Lipinski definition) is 1. The maximum absolute atomic E-state index is 13.7. The Morgan fingerprint density at radius 2 is 1.79 bits per heavy atom. The van der Waals surface area contributed by atoms with E-state index in [1.165, 1.54) is 38.3 Å². The van der Waals surface area contributed by atoms with Gasteiger partial charge < -0.3 is 10.2 Å². The Bertz CT molecular complexity index is 1430. The van der Waals surface area contributed by atoms with Crippen molar-refractivity contribution < 1.29 is 14.0 Å². The molecule has 39 heavy (non-hydrogen) atoms. The standard InChI is InChI=1S/C30H31Cl2FN4O2/c1-18(21-6-4-3-5-7-21)34-30(39)28-25-17-36(19(2)38)16-22(14-20-8-11-24(33)12-9-20)29(25)37(35-28)27-13-10-23(31)15-26(27)32/h8-15,18,21H,3-7,16-17H2,1-2H3,(H,34,39)/t18-/m0/s1. The lowest BCUT2D eigenvalue weighted by Crippen LogP contribution is -2.40. The Hall–Kier alpha value is -3.16. The van der Waals surface area contributed by atoms with Crippen LogP contribution < -0.4 is 5.32 Å². The third-order valence-electron chi connectivity index (χ3n) is 7.72. The number of amides is 2. The molecule has 1 atom stereocenters. The molecule has 6 nitrogen and oxygen atoms in total. The number of fused-ring (bicyclic) bond motifs is 1. The predicted octanol–water partition coefficient (Wildman–Crippen LogP) is 6.92. The number of nitrogens with zero attached hydrogens (tertiary/aromatic N) is 3. The zero-order chi connectivity index (χ0) is 27.7. The highest BCUT2D eigenvalue weighted by molar-refractivity contribution is 6.35. The van der Waals surface area contributed by atoms with Crippen LogP contribution in [0.15, 0.2) is 42.5 Å². The highest BCUT2D eigenvalue weighted by Crippen LogP contribution is 2.36. The van der Waals surface area contributed by atoms with Crippen molar-refractivity contribution in [2.24, 2.45) is 5.92 Å². The summed E-state index contributed by atoms with van der Waals surface area (Å²) in [5, 5.41) is 8.84. The molecule has 9 heteroatoms. The summed E-state index contributed by atoms with van der Waals surface area (Å²) in [6.07, 6.45) is 7.67. The predicted molar refractivity (Wildman–Crippen MR) is 152 cm³/mol. The van der Waals surface area contributed by atoms with Gasteiger partial charge in [0.2, 0.25) is 5.91 Å². The van der Waals surface area contributed by atoms with Crippen molar-refractivity contribution >= 4 is 46.7 Å². The average Bonchev–Trinajstić information content (AvgIpc) is 3.30. The average molecular weight is 570 g/mol. The first-order valence-electron chi connectivity index (χ1n) is 13.3. The van der Waals surface area contributed by atoms with E-state index >= 15 is 0 Å². The number of rotatable bonds is 5. The van der Waals surface area contributed by atoms with Crippen LogP contribution in [0.25, 0.3) is 17.3 Å². The van der Waals surface area contributed by atoms with Gasteiger partial charge in [-0.25, -0.2) is 9.07 Å². The molecule has 2 amide bonds. The van der Waals surface area contributed by atoms with Gasteiger partial charge in [-0.15, -0.1) is 0 Å². The Labute approximate surface area is 237 Å². The molecule has 0 spiro atoms. The van der Waals surface area contributed by atoms with Crippen molar-refractivity contribution in [2.45, 2.75) is 58.5 Å². The Balaban J connectivity index is 1.64. The van der Waals surface area contributed by atoms with E-state index in [2.05, 4.69) is 12.2 Å². The van der Waals surface area contributed by atoms with E-state index in [9.17, 15) is 14.0 Å². The number of halogens is 3. The molecule has 1 aromatic heterocycles. The molecule has 2 aromatic carbocycles. The largest absolute Gasteiger partial charge is 0.348 e. The maximum Gasteiger partial charge on any atom is 0.272 e. The molecule has 5 rings (SSSR count). The number of carbonyl (C=O) groups is 2. The zero-order valence-electron chi connectivity index (χ0n) is 22.0. The first kappa shape index (κ1) is 27.4. The molecule has 1 fully saturated rings. The summed E-state index contributed by atoms with van der Waals surface area (Å²) in [5.74, 6) is -0.311. The normalized spacial score (nSPS) is 17.7. The fourth-order valence-electron chi connectivity index (χ4n) is 5.59. The lowest BCUT2D eigenvalue weighted by Gasteiger charge is -2.30. The molecule has 2 heterocycles. The summed E-state index contributed by atoms with van der Waals surface area (Å²) < 4.78 is 15.3. The van der Waals surface area contributed by atoms with E-state index in [1.54, 1.807) is 39.9 Å². The third-order valence-corrected chi connectivity index (χ3v) is 8.26. The summed E-state index contributed by atoms with van der Waals surface area (Å²) in [6.45, 7) is 4.09. The topological polar surface area (TPSA) is 67.2 Å². The Kier molecular flexibility index (Phi) is 8.10. The lowest BCUT2D eigenvalue weighted by molar-refractivity contribution is -0.128. The van der Waals surface area contributed by atoms with Crippen LogP contribution in [0.4, 0.5) is 4.39 Å². The van der Waals surface area contributed by atoms with E-state index in [0.717, 1.165) is 24.0 Å². The fourth-order valence-corrected chi connectivity index (χ4v) is 6.08. The van der Waals surface area contributed by atoms with Gasteiger partial charge in [0.15, 0.2) is 5.69 Å². The fraction of sp³-hybridized carbons (Fsp3) is 0.367. The van der Waals surface area contributed by atoms with Crippen LogP contribution in [0, 0.1) is 11.7 Å². The van der Waals surface area contributed by atoms with Crippen molar-refractivity contribution in [1.29, 1.82) is 0 Å². The van der Waals surface area contributed by atoms with Crippen molar-refractivity contribution in [3.05, 3.63) is 80.8 Å². The summed E-state index contributed by atoms with van der Waals surface area (Å²) in [6, 6.07) is 11.2. The second-order valence-electron chi connectivity index (χ2n) is 10.4. The van der Waals surface area contributed by atoms with Gasteiger partial charge in [0.05, 0.1) is 22.9 Å². The first-order valence-corrected chi connectivity index (χ1v) is 14.1. The molecular weight excluding hydrogens is 538 g/mol. The van der Waals surface area contributed by atoms with E-state index in [0.29, 0.717) is 39.5 Å². The van der Waals surface area contributed by atoms with Gasteiger partial charge >= 0.3 is 0 Å². The SMILES string of the molecule is CC(=O)N1CC(=Cc2ccc(F)cc2)c2c(c(C(=O)N[C@@H](C)C3CCCCC3)nn2-c2ccc(Cl)cc2Cl)C1. The molecule has 1 N–H and O–H groups in total. The van der Waals surface area contributed by atoms with E-state index in [4.69, 9.17) is 28.3 Å². The molecule has 0 saturated heterocycles.